The molecule has 11 heteroatoms. The van der Waals surface area contributed by atoms with Crippen LogP contribution in [0.25, 0.3) is 0 Å². The maximum absolute atomic E-state index is 13.8. The van der Waals surface area contributed by atoms with E-state index in [4.69, 9.17) is 4.74 Å². The molecule has 4 aromatic rings. The number of thioether (sulfide) groups is 1. The molecule has 3 atom stereocenters. The first-order valence-electron chi connectivity index (χ1n) is 12.4. The zero-order valence-electron chi connectivity index (χ0n) is 21.1. The fraction of sp³-hybridized carbons (Fsp3) is 0.172. The van der Waals surface area contributed by atoms with Crippen molar-refractivity contribution in [2.75, 3.05) is 17.3 Å². The number of carbonyl (C=O) groups excluding carboxylic acids is 3. The second-order valence-corrected chi connectivity index (χ2v) is 11.5. The lowest BCUT2D eigenvalue weighted by atomic mass is 9.83. The molecule has 6 rings (SSSR count). The van der Waals surface area contributed by atoms with Gasteiger partial charge in [-0.1, -0.05) is 53.4 Å². The lowest BCUT2D eigenvalue weighted by Gasteiger charge is -2.30. The number of methoxy groups -OCH3 is 1. The molecule has 1 aromatic heterocycles. The van der Waals surface area contributed by atoms with E-state index in [0.29, 0.717) is 32.6 Å². The maximum atomic E-state index is 13.8. The normalized spacial score (nSPS) is 19.8. The van der Waals surface area contributed by atoms with E-state index in [2.05, 4.69) is 5.32 Å². The Labute approximate surface area is 236 Å². The summed E-state index contributed by atoms with van der Waals surface area (Å²) in [4.78, 5) is 55.0. The van der Waals surface area contributed by atoms with Gasteiger partial charge in [0, 0.05) is 16.5 Å². The van der Waals surface area contributed by atoms with Gasteiger partial charge in [-0.3, -0.25) is 23.7 Å². The third kappa shape index (κ3) is 4.50. The zero-order valence-corrected chi connectivity index (χ0v) is 22.7. The number of imide groups is 1. The van der Waals surface area contributed by atoms with Gasteiger partial charge in [-0.05, 0) is 54.1 Å². The van der Waals surface area contributed by atoms with Crippen LogP contribution >= 0.6 is 23.1 Å². The standard InChI is InChI=1S/C29H22FN3O5S2/c1-38-20-13-11-18(12-14-20)31-21(34)15-32-28-25(40-29(32)37)22(16-7-9-17(30)10-8-16)23-24(39-28)27(36)33(26(23)35)19-5-3-2-4-6-19/h2-14,22-24H,15H2,1H3,(H,31,34)/t22-,23?,24?/m1/s1. The molecule has 1 fully saturated rings. The Hall–Kier alpha value is -4.22. The summed E-state index contributed by atoms with van der Waals surface area (Å²) >= 11 is 2.07. The van der Waals surface area contributed by atoms with Gasteiger partial charge in [0.25, 0.3) is 0 Å². The van der Waals surface area contributed by atoms with Crippen LogP contribution in [-0.4, -0.2) is 34.6 Å². The van der Waals surface area contributed by atoms with Crippen molar-refractivity contribution in [3.63, 3.8) is 0 Å². The molecule has 1 saturated heterocycles. The van der Waals surface area contributed by atoms with Crippen LogP contribution in [0.2, 0.25) is 0 Å². The lowest BCUT2D eigenvalue weighted by molar-refractivity contribution is -0.122. The van der Waals surface area contributed by atoms with Crippen LogP contribution < -0.4 is 19.8 Å². The molecule has 2 aliphatic rings. The molecule has 2 unspecified atom stereocenters. The number of aromatic nitrogens is 1. The van der Waals surface area contributed by atoms with Crippen LogP contribution in [0.3, 0.4) is 0 Å². The SMILES string of the molecule is COc1ccc(NC(=O)Cn2c3c(sc2=O)[C@H](c2ccc(F)cc2)C2C(=O)N(c4ccccc4)C(=O)C2S3)cc1. The van der Waals surface area contributed by atoms with Crippen molar-refractivity contribution in [3.8, 4) is 5.75 Å². The van der Waals surface area contributed by atoms with Crippen molar-refractivity contribution >= 4 is 52.2 Å². The van der Waals surface area contributed by atoms with Gasteiger partial charge in [-0.2, -0.15) is 0 Å². The molecular weight excluding hydrogens is 553 g/mol. The van der Waals surface area contributed by atoms with Gasteiger partial charge >= 0.3 is 4.87 Å². The monoisotopic (exact) mass is 575 g/mol. The molecule has 0 bridgehead atoms. The first-order valence-corrected chi connectivity index (χ1v) is 14.1. The van der Waals surface area contributed by atoms with Crippen molar-refractivity contribution in [2.45, 2.75) is 22.7 Å². The largest absolute Gasteiger partial charge is 0.497 e. The Morgan fingerprint density at radius 2 is 1.65 bits per heavy atom. The number of benzene rings is 3. The minimum absolute atomic E-state index is 0.276. The van der Waals surface area contributed by atoms with Crippen molar-refractivity contribution in [2.24, 2.45) is 5.92 Å². The Balaban J connectivity index is 1.38. The van der Waals surface area contributed by atoms with E-state index in [0.717, 1.165) is 23.1 Å². The minimum Gasteiger partial charge on any atom is -0.497 e. The molecule has 3 heterocycles. The van der Waals surface area contributed by atoms with Crippen LogP contribution in [0.4, 0.5) is 15.8 Å². The van der Waals surface area contributed by atoms with Crippen LogP contribution in [-0.2, 0) is 20.9 Å². The quantitative estimate of drug-likeness (QED) is 0.340. The first kappa shape index (κ1) is 26.0. The molecule has 0 saturated carbocycles. The molecule has 8 nitrogen and oxygen atoms in total. The molecule has 2 aliphatic heterocycles. The van der Waals surface area contributed by atoms with E-state index in [9.17, 15) is 23.6 Å². The number of anilines is 2. The van der Waals surface area contributed by atoms with Gasteiger partial charge < -0.3 is 10.1 Å². The Kier molecular flexibility index (Phi) is 6.77. The number of nitrogens with one attached hydrogen (secondary N) is 1. The van der Waals surface area contributed by atoms with Gasteiger partial charge in [-0.15, -0.1) is 0 Å². The number of thiazole rings is 1. The average Bonchev–Trinajstić information content (AvgIpc) is 3.40. The highest BCUT2D eigenvalue weighted by molar-refractivity contribution is 8.00. The molecule has 202 valence electrons. The molecular formula is C29H22FN3O5S2. The lowest BCUT2D eigenvalue weighted by Crippen LogP contribution is -2.33. The van der Waals surface area contributed by atoms with Crippen LogP contribution in [0.1, 0.15) is 16.4 Å². The van der Waals surface area contributed by atoms with Gasteiger partial charge in [0.2, 0.25) is 17.7 Å². The average molecular weight is 576 g/mol. The van der Waals surface area contributed by atoms with Gasteiger partial charge in [0.1, 0.15) is 23.4 Å². The summed E-state index contributed by atoms with van der Waals surface area (Å²) in [6, 6.07) is 21.2. The third-order valence-corrected chi connectivity index (χ3v) is 9.57. The Morgan fingerprint density at radius 1 is 0.950 bits per heavy atom. The van der Waals surface area contributed by atoms with Crippen molar-refractivity contribution in [3.05, 3.63) is 105 Å². The summed E-state index contributed by atoms with van der Waals surface area (Å²) in [5, 5.41) is 2.42. The number of hydrogen-bond donors (Lipinski definition) is 1. The number of para-hydroxylation sites is 1. The van der Waals surface area contributed by atoms with E-state index in [1.807, 2.05) is 0 Å². The molecule has 0 radical (unpaired) electrons. The highest BCUT2D eigenvalue weighted by atomic mass is 32.2. The van der Waals surface area contributed by atoms with Crippen molar-refractivity contribution < 1.29 is 23.5 Å². The van der Waals surface area contributed by atoms with Crippen LogP contribution in [0.5, 0.6) is 5.75 Å². The molecule has 0 aliphatic carbocycles. The highest BCUT2D eigenvalue weighted by Crippen LogP contribution is 2.53. The first-order chi connectivity index (χ1) is 19.4. The summed E-state index contributed by atoms with van der Waals surface area (Å²) < 4.78 is 20.3. The maximum Gasteiger partial charge on any atom is 0.308 e. The summed E-state index contributed by atoms with van der Waals surface area (Å²) in [7, 11) is 1.54. The number of fused-ring (bicyclic) bond motifs is 2. The van der Waals surface area contributed by atoms with E-state index in [1.165, 1.54) is 21.6 Å². The summed E-state index contributed by atoms with van der Waals surface area (Å²) in [6.45, 7) is -0.276. The van der Waals surface area contributed by atoms with Crippen molar-refractivity contribution in [1.29, 1.82) is 0 Å². The van der Waals surface area contributed by atoms with Crippen LogP contribution in [0.15, 0.2) is 88.7 Å². The number of carbonyl (C=O) groups is 3. The number of halogens is 1. The zero-order chi connectivity index (χ0) is 28.0. The van der Waals surface area contributed by atoms with Gasteiger partial charge in [-0.25, -0.2) is 9.29 Å². The van der Waals surface area contributed by atoms with Crippen LogP contribution in [0, 0.1) is 11.7 Å². The third-order valence-electron chi connectivity index (χ3n) is 6.97. The fourth-order valence-corrected chi connectivity index (χ4v) is 7.91. The van der Waals surface area contributed by atoms with E-state index >= 15 is 0 Å². The Morgan fingerprint density at radius 3 is 2.33 bits per heavy atom. The summed E-state index contributed by atoms with van der Waals surface area (Å²) in [6.07, 6.45) is 0. The highest BCUT2D eigenvalue weighted by Gasteiger charge is 2.56. The number of rotatable bonds is 6. The smallest absolute Gasteiger partial charge is 0.308 e. The second-order valence-electron chi connectivity index (χ2n) is 9.34. The van der Waals surface area contributed by atoms with E-state index in [1.54, 1.807) is 73.8 Å². The molecule has 0 spiro atoms. The number of nitrogens with zero attached hydrogens (tertiary/aromatic N) is 2. The number of ether oxygens (including phenoxy) is 1. The number of amides is 3. The van der Waals surface area contributed by atoms with Crippen molar-refractivity contribution in [1.82, 2.24) is 4.57 Å². The van der Waals surface area contributed by atoms with E-state index < -0.39 is 34.7 Å². The Bertz CT molecular complexity index is 1670. The summed E-state index contributed by atoms with van der Waals surface area (Å²) in [5.74, 6) is -2.44. The number of hydrogen-bond acceptors (Lipinski definition) is 7. The second kappa shape index (κ2) is 10.4. The van der Waals surface area contributed by atoms with E-state index in [-0.39, 0.29) is 17.3 Å². The fourth-order valence-electron chi connectivity index (χ4n) is 5.13. The molecule has 1 N–H and O–H groups in total. The van der Waals surface area contributed by atoms with Gasteiger partial charge in [0.15, 0.2) is 0 Å². The molecule has 40 heavy (non-hydrogen) atoms. The predicted octanol–water partition coefficient (Wildman–Crippen LogP) is 4.49. The molecule has 3 amide bonds. The summed E-state index contributed by atoms with van der Waals surface area (Å²) in [5.41, 5.74) is 1.62. The van der Waals surface area contributed by atoms with Gasteiger partial charge in [0.05, 0.1) is 23.7 Å². The predicted molar refractivity (Wildman–Crippen MR) is 151 cm³/mol. The molecule has 3 aromatic carbocycles. The minimum atomic E-state index is -0.819. The topological polar surface area (TPSA) is 97.7 Å².